The van der Waals surface area contributed by atoms with Gasteiger partial charge in [0.15, 0.2) is 28.9 Å². The molecule has 4 heteroatoms. The van der Waals surface area contributed by atoms with Crippen molar-refractivity contribution in [3.8, 4) is 28.4 Å². The first-order valence-electron chi connectivity index (χ1n) is 14.8. The van der Waals surface area contributed by atoms with Crippen LogP contribution in [0.3, 0.4) is 0 Å². The van der Waals surface area contributed by atoms with E-state index in [1.807, 2.05) is 0 Å². The van der Waals surface area contributed by atoms with E-state index in [0.717, 1.165) is 24.3 Å². The van der Waals surface area contributed by atoms with Crippen molar-refractivity contribution in [2.24, 2.45) is 0 Å². The molecule has 5 aromatic rings. The zero-order valence-electron chi connectivity index (χ0n) is 24.2. The Morgan fingerprint density at radius 2 is 1.60 bits per heavy atom. The number of fused-ring (bicyclic) bond motifs is 9. The monoisotopic (exact) mass is 525 g/mol. The molecule has 4 nitrogen and oxygen atoms in total. The molecule has 2 aromatic heterocycles. The number of imidazole rings is 1. The lowest BCUT2D eigenvalue weighted by Crippen LogP contribution is -2.57. The Balaban J connectivity index is 1.59. The Labute approximate surface area is 235 Å². The Bertz CT molecular complexity index is 1930. The molecule has 1 unspecified atom stereocenters. The molecule has 0 saturated carbocycles. The van der Waals surface area contributed by atoms with Crippen LogP contribution in [0.5, 0.6) is 11.5 Å². The van der Waals surface area contributed by atoms with E-state index in [9.17, 15) is 0 Å². The third-order valence-corrected chi connectivity index (χ3v) is 10.4. The minimum atomic E-state index is -0.502. The molecule has 3 aliphatic heterocycles. The highest BCUT2D eigenvalue weighted by atomic mass is 16.5. The van der Waals surface area contributed by atoms with Gasteiger partial charge in [0.25, 0.3) is 0 Å². The van der Waals surface area contributed by atoms with Crippen molar-refractivity contribution in [3.63, 3.8) is 0 Å². The molecule has 1 spiro atoms. The topological polar surface area (TPSA) is 21.9 Å². The van der Waals surface area contributed by atoms with Crippen molar-refractivity contribution in [1.29, 1.82) is 0 Å². The average molecular weight is 526 g/mol. The van der Waals surface area contributed by atoms with Crippen molar-refractivity contribution in [1.82, 2.24) is 4.57 Å². The van der Waals surface area contributed by atoms with Gasteiger partial charge in [-0.25, -0.2) is 4.57 Å². The smallest absolute Gasteiger partial charge is 0.347 e. The maximum Gasteiger partial charge on any atom is 0.347 e. The van der Waals surface area contributed by atoms with Gasteiger partial charge in [0.05, 0.1) is 22.7 Å². The second-order valence-corrected chi connectivity index (χ2v) is 13.9. The molecule has 0 bridgehead atoms. The molecular weight excluding hydrogens is 490 g/mol. The number of nitrogens with zero attached hydrogens (tertiary/aromatic N) is 3. The van der Waals surface area contributed by atoms with Crippen molar-refractivity contribution in [2.45, 2.75) is 76.8 Å². The largest absolute Gasteiger partial charge is 0.448 e. The van der Waals surface area contributed by atoms with E-state index in [0.29, 0.717) is 0 Å². The van der Waals surface area contributed by atoms with Gasteiger partial charge in [-0.15, -0.1) is 0 Å². The SMILES string of the molecule is CC(C)n1c2[n+]3c4c(cccc41)Oc1c-3c(cc3c1C(C)(C)CCC3(C)C)C21c2ccccc2-c2cccc[n+]21. The zero-order valence-corrected chi connectivity index (χ0v) is 24.2. The summed E-state index contributed by atoms with van der Waals surface area (Å²) in [6.07, 6.45) is 4.61. The molecule has 5 heterocycles. The van der Waals surface area contributed by atoms with Gasteiger partial charge in [-0.05, 0) is 73.4 Å². The van der Waals surface area contributed by atoms with E-state index in [2.05, 4.69) is 128 Å². The second kappa shape index (κ2) is 6.86. The van der Waals surface area contributed by atoms with Crippen LogP contribution in [-0.4, -0.2) is 4.57 Å². The van der Waals surface area contributed by atoms with Crippen LogP contribution in [0.1, 0.15) is 88.5 Å². The molecule has 0 radical (unpaired) electrons. The van der Waals surface area contributed by atoms with E-state index in [1.165, 1.54) is 56.1 Å². The van der Waals surface area contributed by atoms with Crippen LogP contribution in [0.2, 0.25) is 0 Å². The molecule has 1 atom stereocenters. The van der Waals surface area contributed by atoms with Crippen LogP contribution in [0, 0.1) is 0 Å². The Hall–Kier alpha value is -3.92. The van der Waals surface area contributed by atoms with Crippen LogP contribution in [0.15, 0.2) is 72.9 Å². The molecule has 198 valence electrons. The maximum absolute atomic E-state index is 7.12. The Morgan fingerprint density at radius 1 is 0.825 bits per heavy atom. The summed E-state index contributed by atoms with van der Waals surface area (Å²) in [5.74, 6) is 3.34. The Kier molecular flexibility index (Phi) is 3.92. The van der Waals surface area contributed by atoms with E-state index in [1.54, 1.807) is 0 Å². The number of hydrogen-bond donors (Lipinski definition) is 0. The van der Waals surface area contributed by atoms with Gasteiger partial charge in [0, 0.05) is 17.7 Å². The van der Waals surface area contributed by atoms with Gasteiger partial charge >= 0.3 is 11.4 Å². The molecule has 0 N–H and O–H groups in total. The summed E-state index contributed by atoms with van der Waals surface area (Å²) >= 11 is 0. The molecule has 0 amide bonds. The van der Waals surface area contributed by atoms with Crippen LogP contribution in [-0.2, 0) is 16.4 Å². The highest BCUT2D eigenvalue weighted by Gasteiger charge is 2.69. The number of ether oxygens (including phenoxy) is 1. The lowest BCUT2D eigenvalue weighted by molar-refractivity contribution is -0.733. The van der Waals surface area contributed by atoms with Crippen molar-refractivity contribution in [3.05, 3.63) is 101 Å². The first kappa shape index (κ1) is 22.9. The number of hydrogen-bond acceptors (Lipinski definition) is 1. The van der Waals surface area contributed by atoms with E-state index < -0.39 is 5.54 Å². The third kappa shape index (κ3) is 2.31. The molecule has 4 aliphatic rings. The fourth-order valence-corrected chi connectivity index (χ4v) is 8.59. The van der Waals surface area contributed by atoms with E-state index >= 15 is 0 Å². The number of aromatic nitrogens is 3. The normalized spacial score (nSPS) is 21.5. The van der Waals surface area contributed by atoms with E-state index in [-0.39, 0.29) is 16.9 Å². The first-order chi connectivity index (χ1) is 19.2. The lowest BCUT2D eigenvalue weighted by atomic mass is 9.61. The zero-order chi connectivity index (χ0) is 27.3. The van der Waals surface area contributed by atoms with Gasteiger partial charge in [0.2, 0.25) is 11.2 Å². The summed E-state index contributed by atoms with van der Waals surface area (Å²) in [6, 6.07) is 25.2. The summed E-state index contributed by atoms with van der Waals surface area (Å²) < 4.78 is 14.8. The molecule has 40 heavy (non-hydrogen) atoms. The van der Waals surface area contributed by atoms with Crippen molar-refractivity contribution in [2.75, 3.05) is 0 Å². The number of pyridine rings is 1. The summed E-state index contributed by atoms with van der Waals surface area (Å²) in [7, 11) is 0. The van der Waals surface area contributed by atoms with Crippen LogP contribution in [0.25, 0.3) is 28.0 Å². The number of benzene rings is 3. The molecule has 3 aromatic carbocycles. The standard InChI is InChI=1S/C36H35N3O/c1-21(2)38-27-15-11-16-28-31(27)39-30-25(20-24-29(32(30)40-28)35(5,6)18-17-34(24,3)4)36(33(38)39)23-13-8-7-12-22(23)26-14-9-10-19-37(26)36/h7-16,19-21H,17-18H2,1-6H3/q+2. The molecule has 0 saturated heterocycles. The predicted molar refractivity (Wildman–Crippen MR) is 157 cm³/mol. The van der Waals surface area contributed by atoms with Crippen molar-refractivity contribution < 1.29 is 13.9 Å². The lowest BCUT2D eigenvalue weighted by Gasteiger charge is -2.43. The van der Waals surface area contributed by atoms with Crippen LogP contribution >= 0.6 is 0 Å². The highest BCUT2D eigenvalue weighted by molar-refractivity contribution is 5.86. The first-order valence-corrected chi connectivity index (χ1v) is 14.8. The molecule has 0 fully saturated rings. The molecular formula is C36H35N3O+2. The van der Waals surface area contributed by atoms with Crippen LogP contribution < -0.4 is 13.9 Å². The summed E-state index contributed by atoms with van der Waals surface area (Å²) in [5.41, 5.74) is 11.3. The minimum absolute atomic E-state index is 0.0241. The van der Waals surface area contributed by atoms with Crippen LogP contribution in [0.4, 0.5) is 0 Å². The van der Waals surface area contributed by atoms with Gasteiger partial charge in [-0.2, -0.15) is 9.13 Å². The summed E-state index contributed by atoms with van der Waals surface area (Å²) in [5, 5.41) is 0. The summed E-state index contributed by atoms with van der Waals surface area (Å²) in [4.78, 5) is 0. The quantitative estimate of drug-likeness (QED) is 0.205. The fraction of sp³-hybridized carbons (Fsp3) is 0.333. The van der Waals surface area contributed by atoms with Gasteiger partial charge < -0.3 is 4.74 Å². The van der Waals surface area contributed by atoms with E-state index in [4.69, 9.17) is 4.74 Å². The molecule has 1 aliphatic carbocycles. The number of para-hydroxylation sites is 1. The van der Waals surface area contributed by atoms with Gasteiger partial charge in [-0.1, -0.05) is 52.0 Å². The number of rotatable bonds is 1. The maximum atomic E-state index is 7.12. The fourth-order valence-electron chi connectivity index (χ4n) is 8.59. The minimum Gasteiger partial charge on any atom is -0.448 e. The van der Waals surface area contributed by atoms with Gasteiger partial charge in [0.1, 0.15) is 0 Å². The molecule has 9 rings (SSSR count). The Morgan fingerprint density at radius 3 is 2.42 bits per heavy atom. The predicted octanol–water partition coefficient (Wildman–Crippen LogP) is 7.38. The summed E-state index contributed by atoms with van der Waals surface area (Å²) in [6.45, 7) is 14.3. The average Bonchev–Trinajstić information content (AvgIpc) is 3.54. The van der Waals surface area contributed by atoms with Gasteiger partial charge in [-0.3, -0.25) is 0 Å². The highest BCUT2D eigenvalue weighted by Crippen LogP contribution is 2.60. The van der Waals surface area contributed by atoms with Crippen molar-refractivity contribution >= 4 is 11.0 Å². The second-order valence-electron chi connectivity index (χ2n) is 13.9. The third-order valence-electron chi connectivity index (χ3n) is 10.4.